The van der Waals surface area contributed by atoms with Gasteiger partial charge in [0.25, 0.3) is 5.91 Å². The summed E-state index contributed by atoms with van der Waals surface area (Å²) < 4.78 is 7.08. The van der Waals surface area contributed by atoms with Gasteiger partial charge in [0.05, 0.1) is 29.9 Å². The van der Waals surface area contributed by atoms with Gasteiger partial charge in [0.15, 0.2) is 0 Å². The van der Waals surface area contributed by atoms with Crippen LogP contribution in [0.5, 0.6) is 0 Å². The van der Waals surface area contributed by atoms with E-state index in [2.05, 4.69) is 10.1 Å². The van der Waals surface area contributed by atoms with Crippen molar-refractivity contribution in [1.82, 2.24) is 24.6 Å². The normalized spacial score (nSPS) is 17.0. The summed E-state index contributed by atoms with van der Waals surface area (Å²) in [4.78, 5) is 23.7. The fraction of sp³-hybridized carbons (Fsp3) is 0.429. The molecule has 0 bridgehead atoms. The monoisotopic (exact) mass is 395 g/mol. The molecule has 8 heteroatoms. The highest BCUT2D eigenvalue weighted by Crippen LogP contribution is 2.32. The number of aryl methyl sites for hydroxylation is 3. The predicted molar refractivity (Wildman–Crippen MR) is 106 cm³/mol. The Kier molecular flexibility index (Phi) is 5.19. The average Bonchev–Trinajstić information content (AvgIpc) is 3.32. The SMILES string of the molecule is Cc1noc(C)c1-c1nc([C@H]2CCCN(C(=O)c3cn(C)cn3)C2)ccc1CO. The first-order valence-electron chi connectivity index (χ1n) is 9.79. The lowest BCUT2D eigenvalue weighted by Crippen LogP contribution is -2.39. The maximum absolute atomic E-state index is 12.8. The minimum atomic E-state index is -0.109. The van der Waals surface area contributed by atoms with E-state index in [1.807, 2.05) is 37.9 Å². The van der Waals surface area contributed by atoms with E-state index in [0.29, 0.717) is 23.7 Å². The summed E-state index contributed by atoms with van der Waals surface area (Å²) in [5, 5.41) is 13.8. The maximum atomic E-state index is 12.8. The van der Waals surface area contributed by atoms with Crippen LogP contribution < -0.4 is 0 Å². The summed E-state index contributed by atoms with van der Waals surface area (Å²) in [6, 6.07) is 3.86. The molecule has 1 fully saturated rings. The topological polar surface area (TPSA) is 97.3 Å². The smallest absolute Gasteiger partial charge is 0.274 e. The van der Waals surface area contributed by atoms with E-state index in [0.717, 1.165) is 41.9 Å². The molecule has 1 saturated heterocycles. The molecule has 0 spiro atoms. The molecular formula is C21H25N5O3. The first kappa shape index (κ1) is 19.3. The van der Waals surface area contributed by atoms with Crippen LogP contribution in [0, 0.1) is 13.8 Å². The van der Waals surface area contributed by atoms with E-state index in [1.54, 1.807) is 17.1 Å². The molecule has 8 nitrogen and oxygen atoms in total. The van der Waals surface area contributed by atoms with Crippen LogP contribution in [0.4, 0.5) is 0 Å². The zero-order valence-electron chi connectivity index (χ0n) is 16.9. The number of carbonyl (C=O) groups is 1. The number of hydrogen-bond acceptors (Lipinski definition) is 6. The molecule has 0 radical (unpaired) electrons. The second-order valence-corrected chi connectivity index (χ2v) is 7.62. The van der Waals surface area contributed by atoms with Crippen molar-refractivity contribution < 1.29 is 14.4 Å². The van der Waals surface area contributed by atoms with Crippen molar-refractivity contribution in [3.05, 3.63) is 53.1 Å². The molecule has 29 heavy (non-hydrogen) atoms. The van der Waals surface area contributed by atoms with Crippen LogP contribution in [0.25, 0.3) is 11.3 Å². The molecular weight excluding hydrogens is 370 g/mol. The predicted octanol–water partition coefficient (Wildman–Crippen LogP) is 2.60. The summed E-state index contributed by atoms with van der Waals surface area (Å²) in [5.74, 6) is 0.758. The molecule has 1 amide bonds. The summed E-state index contributed by atoms with van der Waals surface area (Å²) in [7, 11) is 1.85. The van der Waals surface area contributed by atoms with Crippen molar-refractivity contribution in [2.75, 3.05) is 13.1 Å². The first-order chi connectivity index (χ1) is 14.0. The van der Waals surface area contributed by atoms with Crippen molar-refractivity contribution in [3.8, 4) is 11.3 Å². The van der Waals surface area contributed by atoms with Gasteiger partial charge in [-0.2, -0.15) is 0 Å². The highest BCUT2D eigenvalue weighted by atomic mass is 16.5. The van der Waals surface area contributed by atoms with Crippen LogP contribution in [0.3, 0.4) is 0 Å². The Hall–Kier alpha value is -3.00. The van der Waals surface area contributed by atoms with E-state index in [4.69, 9.17) is 9.51 Å². The van der Waals surface area contributed by atoms with Crippen LogP contribution in [-0.4, -0.2) is 48.7 Å². The highest BCUT2D eigenvalue weighted by molar-refractivity contribution is 5.92. The number of nitrogens with zero attached hydrogens (tertiary/aromatic N) is 5. The maximum Gasteiger partial charge on any atom is 0.274 e. The molecule has 3 aromatic rings. The molecule has 1 atom stereocenters. The Labute approximate surface area is 169 Å². The van der Waals surface area contributed by atoms with Crippen LogP contribution in [0.1, 0.15) is 52.0 Å². The molecule has 0 saturated carbocycles. The Morgan fingerprint density at radius 3 is 2.83 bits per heavy atom. The third-order valence-corrected chi connectivity index (χ3v) is 5.49. The number of imidazole rings is 1. The van der Waals surface area contributed by atoms with Gasteiger partial charge in [-0.15, -0.1) is 0 Å². The highest BCUT2D eigenvalue weighted by Gasteiger charge is 2.28. The second kappa shape index (κ2) is 7.79. The molecule has 0 aliphatic carbocycles. The molecule has 3 aromatic heterocycles. The number of piperidine rings is 1. The fourth-order valence-electron chi connectivity index (χ4n) is 3.98. The number of carbonyl (C=O) groups excluding carboxylic acids is 1. The van der Waals surface area contributed by atoms with E-state index < -0.39 is 0 Å². The summed E-state index contributed by atoms with van der Waals surface area (Å²) >= 11 is 0. The molecule has 4 heterocycles. The molecule has 0 aromatic carbocycles. The number of rotatable bonds is 4. The number of aliphatic hydroxyl groups is 1. The van der Waals surface area contributed by atoms with Crippen molar-refractivity contribution in [1.29, 1.82) is 0 Å². The molecule has 1 aliphatic heterocycles. The van der Waals surface area contributed by atoms with Gasteiger partial charge in [0.1, 0.15) is 11.5 Å². The van der Waals surface area contributed by atoms with Crippen LogP contribution >= 0.6 is 0 Å². The van der Waals surface area contributed by atoms with E-state index in [1.165, 1.54) is 0 Å². The van der Waals surface area contributed by atoms with Crippen molar-refractivity contribution in [2.45, 2.75) is 39.2 Å². The zero-order chi connectivity index (χ0) is 20.5. The quantitative estimate of drug-likeness (QED) is 0.729. The van der Waals surface area contributed by atoms with Gasteiger partial charge in [-0.1, -0.05) is 11.2 Å². The van der Waals surface area contributed by atoms with Gasteiger partial charge in [-0.3, -0.25) is 9.78 Å². The van der Waals surface area contributed by atoms with Crippen molar-refractivity contribution in [3.63, 3.8) is 0 Å². The average molecular weight is 395 g/mol. The number of amides is 1. The molecule has 1 N–H and O–H groups in total. The van der Waals surface area contributed by atoms with Gasteiger partial charge in [-0.05, 0) is 32.8 Å². The molecule has 152 valence electrons. The number of aliphatic hydroxyl groups excluding tert-OH is 1. The lowest BCUT2D eigenvalue weighted by atomic mass is 9.92. The lowest BCUT2D eigenvalue weighted by molar-refractivity contribution is 0.0700. The Balaban J connectivity index is 1.63. The standard InChI is InChI=1S/C21H25N5O3/c1-13-19(14(2)29-24-13)20-16(11-27)6-7-17(23-20)15-5-4-8-26(9-15)21(28)18-10-25(3)12-22-18/h6-7,10,12,15,27H,4-5,8-9,11H2,1-3H3/t15-/m0/s1. The van der Waals surface area contributed by atoms with Crippen molar-refractivity contribution >= 4 is 5.91 Å². The lowest BCUT2D eigenvalue weighted by Gasteiger charge is -2.32. The summed E-state index contributed by atoms with van der Waals surface area (Å²) in [5.41, 5.74) is 4.39. The third-order valence-electron chi connectivity index (χ3n) is 5.49. The second-order valence-electron chi connectivity index (χ2n) is 7.62. The van der Waals surface area contributed by atoms with Crippen LogP contribution in [-0.2, 0) is 13.7 Å². The molecule has 1 aliphatic rings. The largest absolute Gasteiger partial charge is 0.392 e. The molecule has 4 rings (SSSR count). The third kappa shape index (κ3) is 3.67. The van der Waals surface area contributed by atoms with E-state index in [9.17, 15) is 9.90 Å². The minimum absolute atomic E-state index is 0.0479. The number of likely N-dealkylation sites (tertiary alicyclic amines) is 1. The Bertz CT molecular complexity index is 1020. The van der Waals surface area contributed by atoms with Gasteiger partial charge in [0.2, 0.25) is 0 Å². The van der Waals surface area contributed by atoms with E-state index >= 15 is 0 Å². The minimum Gasteiger partial charge on any atom is -0.392 e. The van der Waals surface area contributed by atoms with Crippen molar-refractivity contribution in [2.24, 2.45) is 7.05 Å². The van der Waals surface area contributed by atoms with Gasteiger partial charge >= 0.3 is 0 Å². The number of aromatic nitrogens is 4. The number of pyridine rings is 1. The summed E-state index contributed by atoms with van der Waals surface area (Å²) in [6.45, 7) is 4.93. The van der Waals surface area contributed by atoms with Crippen LogP contribution in [0.2, 0.25) is 0 Å². The van der Waals surface area contributed by atoms with Crippen LogP contribution in [0.15, 0.2) is 29.2 Å². The van der Waals surface area contributed by atoms with Gasteiger partial charge < -0.3 is 19.1 Å². The first-order valence-corrected chi connectivity index (χ1v) is 9.79. The number of hydrogen-bond donors (Lipinski definition) is 1. The fourth-order valence-corrected chi connectivity index (χ4v) is 3.98. The Morgan fingerprint density at radius 2 is 2.17 bits per heavy atom. The van der Waals surface area contributed by atoms with E-state index in [-0.39, 0.29) is 18.4 Å². The van der Waals surface area contributed by atoms with Gasteiger partial charge in [0, 0.05) is 43.5 Å². The van der Waals surface area contributed by atoms with Gasteiger partial charge in [-0.25, -0.2) is 4.98 Å². The Morgan fingerprint density at radius 1 is 1.34 bits per heavy atom. The summed E-state index contributed by atoms with van der Waals surface area (Å²) in [6.07, 6.45) is 5.25. The molecule has 0 unspecified atom stereocenters. The zero-order valence-corrected chi connectivity index (χ0v) is 16.9.